The molecule has 25 heavy (non-hydrogen) atoms. The predicted molar refractivity (Wildman–Crippen MR) is 93.9 cm³/mol. The van der Waals surface area contributed by atoms with Crippen LogP contribution in [-0.2, 0) is 9.59 Å². The van der Waals surface area contributed by atoms with Crippen LogP contribution < -0.4 is 4.90 Å². The van der Waals surface area contributed by atoms with Crippen molar-refractivity contribution in [3.8, 4) is 0 Å². The van der Waals surface area contributed by atoms with Crippen LogP contribution in [0.5, 0.6) is 0 Å². The summed E-state index contributed by atoms with van der Waals surface area (Å²) in [7, 11) is 0. The summed E-state index contributed by atoms with van der Waals surface area (Å²) in [5, 5.41) is 8.79. The summed E-state index contributed by atoms with van der Waals surface area (Å²) in [6, 6.07) is 8.50. The van der Waals surface area contributed by atoms with E-state index >= 15 is 0 Å². The molecule has 0 aliphatic carbocycles. The third-order valence-electron chi connectivity index (χ3n) is 3.83. The molecule has 1 aromatic heterocycles. The highest BCUT2D eigenvalue weighted by Gasteiger charge is 2.41. The molecule has 0 bridgehead atoms. The molecule has 2 heterocycles. The molecular weight excluding hydrogens is 340 g/mol. The zero-order valence-corrected chi connectivity index (χ0v) is 14.5. The number of aryl methyl sites for hydroxylation is 2. The van der Waals surface area contributed by atoms with Crippen LogP contribution in [0.3, 0.4) is 0 Å². The summed E-state index contributed by atoms with van der Waals surface area (Å²) in [6.07, 6.45) is 1.49. The van der Waals surface area contributed by atoms with E-state index < -0.39 is 11.2 Å². The number of anilines is 1. The lowest BCUT2D eigenvalue weighted by Crippen LogP contribution is -2.31. The molecular formula is C18H16N2O4S. The fourth-order valence-corrected chi connectivity index (χ4v) is 3.94. The van der Waals surface area contributed by atoms with Crippen LogP contribution in [0.4, 0.5) is 5.69 Å². The molecule has 0 unspecified atom stereocenters. The van der Waals surface area contributed by atoms with E-state index in [1.54, 1.807) is 12.1 Å². The topological polar surface area (TPSA) is 87.6 Å². The van der Waals surface area contributed by atoms with E-state index in [0.29, 0.717) is 5.69 Å². The number of carboxylic acids is 1. The highest BCUT2D eigenvalue weighted by Crippen LogP contribution is 2.35. The van der Waals surface area contributed by atoms with Crippen LogP contribution in [0.1, 0.15) is 27.9 Å². The maximum atomic E-state index is 12.7. The standard InChI is InChI=1S/C18H16N2O4S/c1-10-6-11(2)8-12(7-10)20-15(21)9-14(17(20)22)25-16-13(18(23)24)4-3-5-19-16/h3-8,14H,9H2,1-2H3,(H,23,24)/t14-/m0/s1. The maximum Gasteiger partial charge on any atom is 0.338 e. The summed E-state index contributed by atoms with van der Waals surface area (Å²) in [4.78, 5) is 41.6. The number of pyridine rings is 1. The van der Waals surface area contributed by atoms with Crippen LogP contribution in [0.2, 0.25) is 0 Å². The molecule has 0 spiro atoms. The lowest BCUT2D eigenvalue weighted by Gasteiger charge is -2.16. The van der Waals surface area contributed by atoms with Crippen LogP contribution in [0.25, 0.3) is 0 Å². The first kappa shape index (κ1) is 17.2. The largest absolute Gasteiger partial charge is 0.478 e. The van der Waals surface area contributed by atoms with Crippen molar-refractivity contribution in [3.63, 3.8) is 0 Å². The summed E-state index contributed by atoms with van der Waals surface area (Å²) in [5.74, 6) is -1.75. The van der Waals surface area contributed by atoms with E-state index in [9.17, 15) is 19.5 Å². The first-order chi connectivity index (χ1) is 11.9. The van der Waals surface area contributed by atoms with Gasteiger partial charge in [0.1, 0.15) is 5.03 Å². The molecule has 1 atom stereocenters. The van der Waals surface area contributed by atoms with E-state index in [4.69, 9.17) is 0 Å². The van der Waals surface area contributed by atoms with E-state index in [1.807, 2.05) is 19.9 Å². The predicted octanol–water partition coefficient (Wildman–Crippen LogP) is 2.82. The Morgan fingerprint density at radius 2 is 1.92 bits per heavy atom. The summed E-state index contributed by atoms with van der Waals surface area (Å²) >= 11 is 1.02. The normalized spacial score (nSPS) is 17.2. The molecule has 1 aliphatic heterocycles. The quantitative estimate of drug-likeness (QED) is 0.848. The van der Waals surface area contributed by atoms with Crippen LogP contribution in [-0.4, -0.2) is 33.1 Å². The number of carbonyl (C=O) groups excluding carboxylic acids is 2. The van der Waals surface area contributed by atoms with E-state index in [-0.39, 0.29) is 28.8 Å². The first-order valence-corrected chi connectivity index (χ1v) is 8.55. The molecule has 1 aliphatic rings. The smallest absolute Gasteiger partial charge is 0.338 e. The Kier molecular flexibility index (Phi) is 4.59. The molecule has 2 amide bonds. The van der Waals surface area contributed by atoms with Crippen molar-refractivity contribution in [1.82, 2.24) is 4.98 Å². The Labute approximate surface area is 148 Å². The van der Waals surface area contributed by atoms with Gasteiger partial charge in [0.2, 0.25) is 11.8 Å². The molecule has 6 nitrogen and oxygen atoms in total. The monoisotopic (exact) mass is 356 g/mol. The molecule has 128 valence electrons. The molecule has 2 aromatic rings. The van der Waals surface area contributed by atoms with Crippen LogP contribution in [0, 0.1) is 13.8 Å². The van der Waals surface area contributed by atoms with Gasteiger partial charge in [0.05, 0.1) is 16.5 Å². The van der Waals surface area contributed by atoms with Gasteiger partial charge in [-0.25, -0.2) is 14.7 Å². The third kappa shape index (κ3) is 3.41. The minimum Gasteiger partial charge on any atom is -0.478 e. The number of carboxylic acid groups (broad SMARTS) is 1. The Morgan fingerprint density at radius 1 is 1.24 bits per heavy atom. The van der Waals surface area contributed by atoms with Crippen molar-refractivity contribution in [2.45, 2.75) is 30.5 Å². The minimum absolute atomic E-state index is 0.0200. The van der Waals surface area contributed by atoms with E-state index in [1.165, 1.54) is 23.2 Å². The number of benzene rings is 1. The fourth-order valence-electron chi connectivity index (χ4n) is 2.83. The molecule has 1 aromatic carbocycles. The Balaban J connectivity index is 1.88. The number of thioether (sulfide) groups is 1. The van der Waals surface area contributed by atoms with Crippen molar-refractivity contribution in [2.24, 2.45) is 0 Å². The lowest BCUT2D eigenvalue weighted by atomic mass is 10.1. The van der Waals surface area contributed by atoms with Gasteiger partial charge in [0.15, 0.2) is 0 Å². The summed E-state index contributed by atoms with van der Waals surface area (Å²) in [6.45, 7) is 3.81. The van der Waals surface area contributed by atoms with E-state index in [2.05, 4.69) is 4.98 Å². The van der Waals surface area contributed by atoms with Crippen molar-refractivity contribution in [1.29, 1.82) is 0 Å². The average molecular weight is 356 g/mol. The van der Waals surface area contributed by atoms with Crippen LogP contribution in [0.15, 0.2) is 41.6 Å². The second-order valence-corrected chi connectivity index (χ2v) is 7.08. The Morgan fingerprint density at radius 3 is 2.56 bits per heavy atom. The van der Waals surface area contributed by atoms with Crippen molar-refractivity contribution >= 4 is 35.2 Å². The molecule has 3 rings (SSSR count). The molecule has 7 heteroatoms. The number of nitrogens with zero attached hydrogens (tertiary/aromatic N) is 2. The van der Waals surface area contributed by atoms with Gasteiger partial charge >= 0.3 is 5.97 Å². The fraction of sp³-hybridized carbons (Fsp3) is 0.222. The van der Waals surface area contributed by atoms with Crippen molar-refractivity contribution < 1.29 is 19.5 Å². The zero-order chi connectivity index (χ0) is 18.1. The second-order valence-electron chi connectivity index (χ2n) is 5.89. The second kappa shape index (κ2) is 6.68. The number of amides is 2. The third-order valence-corrected chi connectivity index (χ3v) is 5.03. The zero-order valence-electron chi connectivity index (χ0n) is 13.7. The number of imide groups is 1. The van der Waals surface area contributed by atoms with Crippen LogP contribution >= 0.6 is 11.8 Å². The van der Waals surface area contributed by atoms with Gasteiger partial charge in [-0.2, -0.15) is 0 Å². The number of hydrogen-bond acceptors (Lipinski definition) is 5. The SMILES string of the molecule is Cc1cc(C)cc(N2C(=O)C[C@H](Sc3ncccc3C(=O)O)C2=O)c1. The van der Waals surface area contributed by atoms with Crippen molar-refractivity contribution in [2.75, 3.05) is 4.90 Å². The number of aromatic carboxylic acids is 1. The van der Waals surface area contributed by atoms with Gasteiger partial charge in [0.25, 0.3) is 0 Å². The summed E-state index contributed by atoms with van der Waals surface area (Å²) in [5.41, 5.74) is 2.50. The molecule has 0 radical (unpaired) electrons. The van der Waals surface area contributed by atoms with Gasteiger partial charge in [-0.15, -0.1) is 0 Å². The molecule has 1 fully saturated rings. The highest BCUT2D eigenvalue weighted by atomic mass is 32.2. The van der Waals surface area contributed by atoms with Gasteiger partial charge in [0, 0.05) is 12.6 Å². The summed E-state index contributed by atoms with van der Waals surface area (Å²) < 4.78 is 0. The Hall–Kier alpha value is -2.67. The number of carbonyl (C=O) groups is 3. The van der Waals surface area contributed by atoms with Crippen molar-refractivity contribution in [3.05, 3.63) is 53.2 Å². The first-order valence-electron chi connectivity index (χ1n) is 7.67. The van der Waals surface area contributed by atoms with Gasteiger partial charge in [-0.05, 0) is 49.2 Å². The average Bonchev–Trinajstić information content (AvgIpc) is 2.80. The maximum absolute atomic E-state index is 12.7. The highest BCUT2D eigenvalue weighted by molar-refractivity contribution is 8.00. The molecule has 0 saturated carbocycles. The lowest BCUT2D eigenvalue weighted by molar-refractivity contribution is -0.121. The molecule has 1 N–H and O–H groups in total. The number of aromatic nitrogens is 1. The number of rotatable bonds is 4. The molecule has 1 saturated heterocycles. The van der Waals surface area contributed by atoms with Gasteiger partial charge in [-0.1, -0.05) is 17.8 Å². The van der Waals surface area contributed by atoms with E-state index in [0.717, 1.165) is 22.9 Å². The minimum atomic E-state index is -1.11. The van der Waals surface area contributed by atoms with Gasteiger partial charge < -0.3 is 5.11 Å². The Bertz CT molecular complexity index is 861. The number of hydrogen-bond donors (Lipinski definition) is 1. The van der Waals surface area contributed by atoms with Gasteiger partial charge in [-0.3, -0.25) is 9.59 Å².